The molecule has 0 aromatic rings. The zero-order chi connectivity index (χ0) is 51.4. The van der Waals surface area contributed by atoms with E-state index >= 15 is 0 Å². The molecule has 0 aromatic heterocycles. The summed E-state index contributed by atoms with van der Waals surface area (Å²) in [6.07, 6.45) is 78.2. The Kier molecular flexibility index (Phi) is 55.9. The minimum atomic E-state index is -0.801. The van der Waals surface area contributed by atoms with Crippen molar-refractivity contribution in [2.45, 2.75) is 284 Å². The summed E-state index contributed by atoms with van der Waals surface area (Å²) in [6, 6.07) is 0. The second-order valence-corrected chi connectivity index (χ2v) is 19.5. The average Bonchev–Trinajstić information content (AvgIpc) is 3.37. The zero-order valence-corrected chi connectivity index (χ0v) is 46.5. The van der Waals surface area contributed by atoms with Crippen LogP contribution in [0.4, 0.5) is 0 Å². The topological polar surface area (TPSA) is 78.9 Å². The van der Waals surface area contributed by atoms with Crippen LogP contribution in [-0.4, -0.2) is 37.2 Å². The summed E-state index contributed by atoms with van der Waals surface area (Å²) in [5, 5.41) is 0. The van der Waals surface area contributed by atoms with Gasteiger partial charge >= 0.3 is 17.9 Å². The lowest BCUT2D eigenvalue weighted by molar-refractivity contribution is -0.167. The SMILES string of the molecule is CCCCC/C=C\C/C=C\C/C=C\C/C=C\CCCCCC(=O)OC[C@@H](COC(=O)CCCCCCC/C=C\C/C=C\CCCCC)OC(=O)CCCCCCCCCCC/C=C\C/C=C\CCCCC. The quantitative estimate of drug-likeness (QED) is 0.0261. The largest absolute Gasteiger partial charge is 0.462 e. The van der Waals surface area contributed by atoms with E-state index in [0.29, 0.717) is 19.3 Å². The Labute approximate surface area is 438 Å². The smallest absolute Gasteiger partial charge is 0.306 e. The van der Waals surface area contributed by atoms with Crippen LogP contribution in [0.1, 0.15) is 278 Å². The molecule has 0 fully saturated rings. The first kappa shape index (κ1) is 67.3. The molecular weight excluding hydrogens is 877 g/mol. The van der Waals surface area contributed by atoms with Gasteiger partial charge in [0.1, 0.15) is 13.2 Å². The first-order chi connectivity index (χ1) is 35.0. The third kappa shape index (κ3) is 57.1. The van der Waals surface area contributed by atoms with Crippen molar-refractivity contribution < 1.29 is 28.6 Å². The second-order valence-electron chi connectivity index (χ2n) is 19.5. The van der Waals surface area contributed by atoms with Crippen LogP contribution in [0.5, 0.6) is 0 Å². The van der Waals surface area contributed by atoms with E-state index in [2.05, 4.69) is 118 Å². The van der Waals surface area contributed by atoms with Crippen molar-refractivity contribution in [3.05, 3.63) is 97.2 Å². The van der Waals surface area contributed by atoms with Gasteiger partial charge in [-0.05, 0) is 128 Å². The third-order valence-corrected chi connectivity index (χ3v) is 12.5. The number of esters is 3. The summed E-state index contributed by atoms with van der Waals surface area (Å²) in [4.78, 5) is 38.2. The molecule has 0 aliphatic carbocycles. The number of rotatable bonds is 53. The maximum Gasteiger partial charge on any atom is 0.306 e. The van der Waals surface area contributed by atoms with Crippen molar-refractivity contribution in [1.82, 2.24) is 0 Å². The van der Waals surface area contributed by atoms with Gasteiger partial charge in [0.2, 0.25) is 0 Å². The van der Waals surface area contributed by atoms with Crippen molar-refractivity contribution in [3.8, 4) is 0 Å². The first-order valence-electron chi connectivity index (χ1n) is 29.7. The normalized spacial score (nSPS) is 12.8. The molecule has 0 heterocycles. The third-order valence-electron chi connectivity index (χ3n) is 12.5. The monoisotopic (exact) mass is 987 g/mol. The lowest BCUT2D eigenvalue weighted by Crippen LogP contribution is -2.30. The Morgan fingerprint density at radius 2 is 0.507 bits per heavy atom. The van der Waals surface area contributed by atoms with Gasteiger partial charge in [-0.15, -0.1) is 0 Å². The molecule has 71 heavy (non-hydrogen) atoms. The highest BCUT2D eigenvalue weighted by molar-refractivity contribution is 5.71. The summed E-state index contributed by atoms with van der Waals surface area (Å²) >= 11 is 0. The van der Waals surface area contributed by atoms with E-state index in [1.165, 1.54) is 122 Å². The van der Waals surface area contributed by atoms with Crippen LogP contribution in [0.15, 0.2) is 97.2 Å². The summed E-state index contributed by atoms with van der Waals surface area (Å²) in [5.74, 6) is -0.941. The molecule has 6 nitrogen and oxygen atoms in total. The van der Waals surface area contributed by atoms with Crippen LogP contribution in [0.3, 0.4) is 0 Å². The van der Waals surface area contributed by atoms with Gasteiger partial charge in [-0.2, -0.15) is 0 Å². The van der Waals surface area contributed by atoms with Crippen molar-refractivity contribution in [2.75, 3.05) is 13.2 Å². The first-order valence-corrected chi connectivity index (χ1v) is 29.7. The van der Waals surface area contributed by atoms with Gasteiger partial charge in [-0.1, -0.05) is 227 Å². The highest BCUT2D eigenvalue weighted by Gasteiger charge is 2.19. The van der Waals surface area contributed by atoms with Crippen molar-refractivity contribution >= 4 is 17.9 Å². The van der Waals surface area contributed by atoms with Gasteiger partial charge in [0.15, 0.2) is 6.10 Å². The molecule has 0 N–H and O–H groups in total. The molecular formula is C65H110O6. The minimum Gasteiger partial charge on any atom is -0.462 e. The molecule has 0 spiro atoms. The van der Waals surface area contributed by atoms with E-state index in [-0.39, 0.29) is 31.1 Å². The van der Waals surface area contributed by atoms with Crippen molar-refractivity contribution in [3.63, 3.8) is 0 Å². The van der Waals surface area contributed by atoms with Crippen LogP contribution in [0.2, 0.25) is 0 Å². The fraction of sp³-hybridized carbons (Fsp3) is 0.708. The number of carbonyl (C=O) groups is 3. The minimum absolute atomic E-state index is 0.0972. The summed E-state index contributed by atoms with van der Waals surface area (Å²) < 4.78 is 16.9. The summed E-state index contributed by atoms with van der Waals surface area (Å²) in [6.45, 7) is 6.53. The Hall–Kier alpha value is -3.67. The summed E-state index contributed by atoms with van der Waals surface area (Å²) in [7, 11) is 0. The fourth-order valence-electron chi connectivity index (χ4n) is 8.01. The molecule has 406 valence electrons. The Bertz CT molecular complexity index is 1410. The highest BCUT2D eigenvalue weighted by atomic mass is 16.6. The zero-order valence-electron chi connectivity index (χ0n) is 46.5. The van der Waals surface area contributed by atoms with E-state index in [9.17, 15) is 14.4 Å². The number of hydrogen-bond donors (Lipinski definition) is 0. The lowest BCUT2D eigenvalue weighted by Gasteiger charge is -2.18. The molecule has 0 amide bonds. The van der Waals surface area contributed by atoms with E-state index in [0.717, 1.165) is 116 Å². The average molecular weight is 988 g/mol. The molecule has 0 saturated carbocycles. The number of allylic oxidation sites excluding steroid dienone is 16. The van der Waals surface area contributed by atoms with E-state index in [1.54, 1.807) is 0 Å². The molecule has 0 saturated heterocycles. The van der Waals surface area contributed by atoms with Gasteiger partial charge in [-0.3, -0.25) is 14.4 Å². The Morgan fingerprint density at radius 3 is 0.803 bits per heavy atom. The standard InChI is InChI=1S/C65H110O6/c1-4-7-10-13-16-19-22-25-28-30-32-34-37-40-43-46-49-52-55-58-64(67)70-61-62(60-69-63(66)57-54-51-48-45-42-39-36-27-24-21-18-15-12-9-6-3)71-65(68)59-56-53-50-47-44-41-38-35-33-31-29-26-23-20-17-14-11-8-5-2/h16-21,25-29,32,34,36,40,43,62H,4-15,22-24,30-31,33,35,37-39,41-42,44-61H2,1-3H3/b19-16-,20-17-,21-18-,28-25-,29-26-,34-32-,36-27-,43-40-/t62-/m1/s1. The van der Waals surface area contributed by atoms with Gasteiger partial charge in [-0.25, -0.2) is 0 Å². The van der Waals surface area contributed by atoms with E-state index in [4.69, 9.17) is 14.2 Å². The molecule has 6 heteroatoms. The van der Waals surface area contributed by atoms with Gasteiger partial charge in [0.05, 0.1) is 0 Å². The van der Waals surface area contributed by atoms with Crippen LogP contribution in [-0.2, 0) is 28.6 Å². The van der Waals surface area contributed by atoms with E-state index < -0.39 is 6.10 Å². The molecule has 0 bridgehead atoms. The molecule has 0 aromatic carbocycles. The van der Waals surface area contributed by atoms with Gasteiger partial charge < -0.3 is 14.2 Å². The molecule has 0 aliphatic heterocycles. The Balaban J connectivity index is 4.47. The predicted octanol–water partition coefficient (Wildman–Crippen LogP) is 20.1. The molecule has 0 unspecified atom stereocenters. The van der Waals surface area contributed by atoms with Crippen molar-refractivity contribution in [1.29, 1.82) is 0 Å². The number of unbranched alkanes of at least 4 members (excludes halogenated alkanes) is 26. The van der Waals surface area contributed by atoms with Crippen LogP contribution in [0, 0.1) is 0 Å². The maximum atomic E-state index is 12.9. The van der Waals surface area contributed by atoms with Gasteiger partial charge in [0.25, 0.3) is 0 Å². The Morgan fingerprint density at radius 1 is 0.282 bits per heavy atom. The van der Waals surface area contributed by atoms with E-state index in [1.807, 2.05) is 0 Å². The highest BCUT2D eigenvalue weighted by Crippen LogP contribution is 2.14. The number of carbonyl (C=O) groups excluding carboxylic acids is 3. The summed E-state index contributed by atoms with van der Waals surface area (Å²) in [5.41, 5.74) is 0. The second kappa shape index (κ2) is 58.9. The number of ether oxygens (including phenoxy) is 3. The lowest BCUT2D eigenvalue weighted by atomic mass is 10.1. The molecule has 0 radical (unpaired) electrons. The molecule has 0 rings (SSSR count). The van der Waals surface area contributed by atoms with Crippen LogP contribution < -0.4 is 0 Å². The van der Waals surface area contributed by atoms with Crippen LogP contribution in [0.25, 0.3) is 0 Å². The molecule has 1 atom stereocenters. The predicted molar refractivity (Wildman–Crippen MR) is 307 cm³/mol. The maximum absolute atomic E-state index is 12.9. The van der Waals surface area contributed by atoms with Crippen molar-refractivity contribution in [2.24, 2.45) is 0 Å². The number of hydrogen-bond acceptors (Lipinski definition) is 6. The van der Waals surface area contributed by atoms with Crippen LogP contribution >= 0.6 is 0 Å². The molecule has 0 aliphatic rings. The fourth-order valence-corrected chi connectivity index (χ4v) is 8.01. The van der Waals surface area contributed by atoms with Gasteiger partial charge in [0, 0.05) is 19.3 Å².